The largest absolute Gasteiger partial charge is 0.305 e. The number of nitrogens with one attached hydrogen (secondary N) is 1. The Morgan fingerprint density at radius 3 is 3.30 bits per heavy atom. The van der Waals surface area contributed by atoms with Crippen molar-refractivity contribution < 1.29 is 0 Å². The molecule has 55 valence electrons. The van der Waals surface area contributed by atoms with Gasteiger partial charge in [0, 0.05) is 11.4 Å². The molecule has 0 spiro atoms. The highest BCUT2D eigenvalue weighted by molar-refractivity contribution is 5.64. The van der Waals surface area contributed by atoms with Crippen molar-refractivity contribution in [3.05, 3.63) is 0 Å². The molecule has 2 aliphatic rings. The molecule has 2 aliphatic heterocycles. The fourth-order valence-corrected chi connectivity index (χ4v) is 1.91. The molecular weight excluding hydrogens is 124 g/mol. The van der Waals surface area contributed by atoms with Gasteiger partial charge in [-0.3, -0.25) is 0 Å². The minimum absolute atomic E-state index is 0.613. The second kappa shape index (κ2) is 2.70. The third-order valence-corrected chi connectivity index (χ3v) is 2.53. The summed E-state index contributed by atoms with van der Waals surface area (Å²) in [6.45, 7) is 2.25. The zero-order valence-corrected chi connectivity index (χ0v) is 6.21. The smallest absolute Gasteiger partial charge is 0.228 e. The SMILES string of the molecule is C1=[N+]CCC2CCCNC12. The number of piperidine rings is 1. The van der Waals surface area contributed by atoms with E-state index >= 15 is 0 Å². The summed E-state index contributed by atoms with van der Waals surface area (Å²) in [5, 5.41) is 3.47. The number of nitrogens with zero attached hydrogens (tertiary/aromatic N) is 1. The number of rotatable bonds is 0. The maximum Gasteiger partial charge on any atom is 0.228 e. The van der Waals surface area contributed by atoms with E-state index in [4.69, 9.17) is 0 Å². The van der Waals surface area contributed by atoms with Crippen LogP contribution in [0.3, 0.4) is 0 Å². The summed E-state index contributed by atoms with van der Waals surface area (Å²) in [5.74, 6) is 0.895. The van der Waals surface area contributed by atoms with Crippen molar-refractivity contribution in [1.82, 2.24) is 10.3 Å². The van der Waals surface area contributed by atoms with Gasteiger partial charge in [0.1, 0.15) is 0 Å². The minimum atomic E-state index is 0.613. The highest BCUT2D eigenvalue weighted by Crippen LogP contribution is 2.19. The van der Waals surface area contributed by atoms with Crippen molar-refractivity contribution in [1.29, 1.82) is 0 Å². The first-order valence-corrected chi connectivity index (χ1v) is 4.20. The summed E-state index contributed by atoms with van der Waals surface area (Å²) in [7, 11) is 0. The molecule has 0 amide bonds. The second-order valence-corrected chi connectivity index (χ2v) is 3.23. The van der Waals surface area contributed by atoms with Crippen molar-refractivity contribution in [3.63, 3.8) is 0 Å². The molecule has 2 heterocycles. The minimum Gasteiger partial charge on any atom is -0.305 e. The summed E-state index contributed by atoms with van der Waals surface area (Å²) in [4.78, 5) is 4.27. The molecule has 2 rings (SSSR count). The van der Waals surface area contributed by atoms with Gasteiger partial charge in [-0.25, -0.2) is 0 Å². The van der Waals surface area contributed by atoms with Gasteiger partial charge in [-0.15, -0.1) is 0 Å². The maximum absolute atomic E-state index is 4.27. The predicted octanol–water partition coefficient (Wildman–Crippen LogP) is 0.165. The lowest BCUT2D eigenvalue weighted by Gasteiger charge is -2.27. The molecule has 0 saturated carbocycles. The standard InChI is InChI=1S/C8H14N2/c1-2-7-3-5-9-6-8(7)10-4-1/h6-8,10H,1-5H2/q+1. The fourth-order valence-electron chi connectivity index (χ4n) is 1.91. The van der Waals surface area contributed by atoms with Gasteiger partial charge in [-0.2, -0.15) is 0 Å². The Balaban J connectivity index is 2.03. The predicted molar refractivity (Wildman–Crippen MR) is 42.2 cm³/mol. The van der Waals surface area contributed by atoms with Crippen molar-refractivity contribution in [2.24, 2.45) is 5.92 Å². The third-order valence-electron chi connectivity index (χ3n) is 2.53. The molecule has 0 bridgehead atoms. The molecule has 2 unspecified atom stereocenters. The number of fused-ring (bicyclic) bond motifs is 1. The Morgan fingerprint density at radius 2 is 2.40 bits per heavy atom. The lowest BCUT2D eigenvalue weighted by atomic mass is 9.87. The van der Waals surface area contributed by atoms with E-state index in [2.05, 4.69) is 16.5 Å². The van der Waals surface area contributed by atoms with Gasteiger partial charge in [0.05, 0.1) is 6.04 Å². The molecule has 1 radical (unpaired) electrons. The molecule has 1 saturated heterocycles. The summed E-state index contributed by atoms with van der Waals surface area (Å²) in [6.07, 6.45) is 6.17. The van der Waals surface area contributed by atoms with Crippen molar-refractivity contribution in [3.8, 4) is 0 Å². The van der Waals surface area contributed by atoms with Gasteiger partial charge in [0.2, 0.25) is 12.8 Å². The van der Waals surface area contributed by atoms with E-state index in [9.17, 15) is 0 Å². The number of aliphatic imine (C=N–C) groups is 1. The summed E-state index contributed by atoms with van der Waals surface area (Å²) in [6, 6.07) is 0.613. The molecule has 1 N–H and O–H groups in total. The van der Waals surface area contributed by atoms with Crippen LogP contribution < -0.4 is 10.3 Å². The van der Waals surface area contributed by atoms with Gasteiger partial charge < -0.3 is 5.32 Å². The fraction of sp³-hybridized carbons (Fsp3) is 0.875. The highest BCUT2D eigenvalue weighted by atomic mass is 15.0. The molecule has 10 heavy (non-hydrogen) atoms. The second-order valence-electron chi connectivity index (χ2n) is 3.23. The molecule has 0 aromatic carbocycles. The Labute approximate surface area is 61.7 Å². The van der Waals surface area contributed by atoms with E-state index in [1.54, 1.807) is 0 Å². The lowest BCUT2D eigenvalue weighted by molar-refractivity contribution is 0.310. The van der Waals surface area contributed by atoms with E-state index in [-0.39, 0.29) is 0 Å². The average Bonchev–Trinajstić information content (AvgIpc) is 2.05. The maximum atomic E-state index is 4.27. The molecule has 2 atom stereocenters. The van der Waals surface area contributed by atoms with Crippen LogP contribution in [0.5, 0.6) is 0 Å². The van der Waals surface area contributed by atoms with Crippen LogP contribution in [0, 0.1) is 5.92 Å². The van der Waals surface area contributed by atoms with Crippen LogP contribution in [-0.2, 0) is 0 Å². The molecule has 2 nitrogen and oxygen atoms in total. The van der Waals surface area contributed by atoms with E-state index in [1.807, 2.05) is 0 Å². The first-order valence-electron chi connectivity index (χ1n) is 4.20. The lowest BCUT2D eigenvalue weighted by Crippen LogP contribution is -2.46. The summed E-state index contributed by atoms with van der Waals surface area (Å²) >= 11 is 0. The molecular formula is C8H14N2+. The summed E-state index contributed by atoms with van der Waals surface area (Å²) < 4.78 is 0. The van der Waals surface area contributed by atoms with Crippen LogP contribution in [0.15, 0.2) is 0 Å². The van der Waals surface area contributed by atoms with Crippen LogP contribution in [0.1, 0.15) is 19.3 Å². The third kappa shape index (κ3) is 1.08. The number of hydrogen-bond donors (Lipinski definition) is 1. The van der Waals surface area contributed by atoms with Gasteiger partial charge in [0.25, 0.3) is 0 Å². The normalized spacial score (nSPS) is 39.2. The van der Waals surface area contributed by atoms with Gasteiger partial charge >= 0.3 is 0 Å². The van der Waals surface area contributed by atoms with Crippen LogP contribution in [0.4, 0.5) is 0 Å². The van der Waals surface area contributed by atoms with Crippen LogP contribution in [-0.4, -0.2) is 25.3 Å². The zero-order chi connectivity index (χ0) is 6.81. The van der Waals surface area contributed by atoms with Gasteiger partial charge in [0.15, 0.2) is 0 Å². The first-order chi connectivity index (χ1) is 4.97. The Hall–Kier alpha value is -0.370. The number of hydrogen-bond acceptors (Lipinski definition) is 2. The van der Waals surface area contributed by atoms with E-state index < -0.39 is 0 Å². The topological polar surface area (TPSA) is 26.1 Å². The average molecular weight is 138 g/mol. The van der Waals surface area contributed by atoms with Gasteiger partial charge in [-0.1, -0.05) is 0 Å². The Morgan fingerprint density at radius 1 is 1.40 bits per heavy atom. The Kier molecular flexibility index (Phi) is 1.72. The zero-order valence-electron chi connectivity index (χ0n) is 6.21. The summed E-state index contributed by atoms with van der Waals surface area (Å²) in [5.41, 5.74) is 0. The van der Waals surface area contributed by atoms with Crippen molar-refractivity contribution >= 4 is 6.21 Å². The van der Waals surface area contributed by atoms with Gasteiger partial charge in [-0.05, 0) is 25.3 Å². The first kappa shape index (κ1) is 6.35. The van der Waals surface area contributed by atoms with Crippen LogP contribution >= 0.6 is 0 Å². The van der Waals surface area contributed by atoms with Crippen LogP contribution in [0.25, 0.3) is 0 Å². The quantitative estimate of drug-likeness (QED) is 0.507. The molecule has 2 heteroatoms. The van der Waals surface area contributed by atoms with E-state index in [1.165, 1.54) is 25.8 Å². The highest BCUT2D eigenvalue weighted by Gasteiger charge is 2.29. The molecule has 0 aromatic rings. The Bertz CT molecular complexity index is 142. The molecule has 0 aliphatic carbocycles. The van der Waals surface area contributed by atoms with E-state index in [0.29, 0.717) is 6.04 Å². The van der Waals surface area contributed by atoms with Crippen molar-refractivity contribution in [2.75, 3.05) is 13.1 Å². The van der Waals surface area contributed by atoms with Crippen molar-refractivity contribution in [2.45, 2.75) is 25.3 Å². The molecule has 0 aromatic heterocycles. The van der Waals surface area contributed by atoms with E-state index in [0.717, 1.165) is 12.5 Å². The monoisotopic (exact) mass is 138 g/mol. The van der Waals surface area contributed by atoms with Crippen LogP contribution in [0.2, 0.25) is 0 Å². The molecule has 1 fully saturated rings.